The van der Waals surface area contributed by atoms with E-state index in [1.165, 1.54) is 25.7 Å². The second kappa shape index (κ2) is 5.63. The molecule has 0 spiro atoms. The second-order valence-corrected chi connectivity index (χ2v) is 5.17. The molecule has 0 saturated heterocycles. The predicted octanol–water partition coefficient (Wildman–Crippen LogP) is 2.00. The maximum Gasteiger partial charge on any atom is 0.154 e. The summed E-state index contributed by atoms with van der Waals surface area (Å²) in [6.45, 7) is 3.04. The molecule has 0 bridgehead atoms. The molecule has 96 valence electrons. The van der Waals surface area contributed by atoms with Gasteiger partial charge in [0.15, 0.2) is 5.82 Å². The van der Waals surface area contributed by atoms with E-state index in [-0.39, 0.29) is 0 Å². The topological polar surface area (TPSA) is 56.7 Å². The van der Waals surface area contributed by atoms with Crippen molar-refractivity contribution in [2.45, 2.75) is 51.4 Å². The number of rotatable bonds is 7. The molecule has 0 radical (unpaired) electrons. The van der Waals surface area contributed by atoms with E-state index in [9.17, 15) is 0 Å². The molecule has 2 rings (SSSR count). The Kier molecular flexibility index (Phi) is 4.15. The van der Waals surface area contributed by atoms with E-state index in [1.807, 2.05) is 11.7 Å². The monoisotopic (exact) mass is 236 g/mol. The molecule has 4 nitrogen and oxygen atoms in total. The first-order valence-electron chi connectivity index (χ1n) is 6.84. The van der Waals surface area contributed by atoms with E-state index in [1.54, 1.807) is 0 Å². The van der Waals surface area contributed by atoms with E-state index in [0.29, 0.717) is 5.92 Å². The Hall–Kier alpha value is -0.900. The maximum atomic E-state index is 5.62. The standard InChI is InChI=1S/C13H24N4/c1-3-10(8-9-14)4-7-12-15-13(11-5-6-11)16-17(12)2/h10-11H,3-9,14H2,1-2H3. The quantitative estimate of drug-likeness (QED) is 0.787. The van der Waals surface area contributed by atoms with Crippen molar-refractivity contribution >= 4 is 0 Å². The van der Waals surface area contributed by atoms with Crippen LogP contribution in [0, 0.1) is 5.92 Å². The number of nitrogens with two attached hydrogens (primary N) is 1. The van der Waals surface area contributed by atoms with Crippen LogP contribution in [0.1, 0.15) is 56.6 Å². The number of hydrogen-bond acceptors (Lipinski definition) is 3. The van der Waals surface area contributed by atoms with Crippen LogP contribution in [0.5, 0.6) is 0 Å². The molecule has 1 saturated carbocycles. The van der Waals surface area contributed by atoms with Crippen molar-refractivity contribution in [1.82, 2.24) is 14.8 Å². The molecule has 0 aromatic carbocycles. The molecule has 1 aromatic rings. The van der Waals surface area contributed by atoms with Crippen molar-refractivity contribution < 1.29 is 0 Å². The van der Waals surface area contributed by atoms with Crippen LogP contribution >= 0.6 is 0 Å². The summed E-state index contributed by atoms with van der Waals surface area (Å²) >= 11 is 0. The molecule has 1 fully saturated rings. The predicted molar refractivity (Wildman–Crippen MR) is 68.8 cm³/mol. The molecule has 1 aliphatic rings. The molecular formula is C13H24N4. The van der Waals surface area contributed by atoms with Gasteiger partial charge < -0.3 is 5.73 Å². The highest BCUT2D eigenvalue weighted by molar-refractivity contribution is 5.06. The van der Waals surface area contributed by atoms with E-state index in [0.717, 1.165) is 37.0 Å². The summed E-state index contributed by atoms with van der Waals surface area (Å²) in [7, 11) is 2.01. The van der Waals surface area contributed by atoms with Gasteiger partial charge in [-0.1, -0.05) is 13.3 Å². The molecular weight excluding hydrogens is 212 g/mol. The molecule has 1 heterocycles. The normalized spacial score (nSPS) is 17.4. The first kappa shape index (κ1) is 12.6. The number of aryl methyl sites for hydroxylation is 2. The molecule has 2 N–H and O–H groups in total. The Balaban J connectivity index is 1.88. The van der Waals surface area contributed by atoms with Crippen molar-refractivity contribution in [2.75, 3.05) is 6.54 Å². The molecule has 0 amide bonds. The second-order valence-electron chi connectivity index (χ2n) is 5.17. The van der Waals surface area contributed by atoms with Crippen LogP contribution in [0.3, 0.4) is 0 Å². The van der Waals surface area contributed by atoms with Crippen molar-refractivity contribution in [2.24, 2.45) is 18.7 Å². The van der Waals surface area contributed by atoms with E-state index < -0.39 is 0 Å². The highest BCUT2D eigenvalue weighted by Crippen LogP contribution is 2.38. The average Bonchev–Trinajstić information content (AvgIpc) is 3.10. The minimum absolute atomic E-state index is 0.654. The Morgan fingerprint density at radius 2 is 2.18 bits per heavy atom. The summed E-state index contributed by atoms with van der Waals surface area (Å²) in [6.07, 6.45) is 7.11. The average molecular weight is 236 g/mol. The first-order valence-corrected chi connectivity index (χ1v) is 6.84. The largest absolute Gasteiger partial charge is 0.330 e. The lowest BCUT2D eigenvalue weighted by molar-refractivity contribution is 0.435. The molecule has 1 unspecified atom stereocenters. The summed E-state index contributed by atoms with van der Waals surface area (Å²) in [5.74, 6) is 3.60. The fourth-order valence-corrected chi connectivity index (χ4v) is 2.29. The lowest BCUT2D eigenvalue weighted by Crippen LogP contribution is -2.10. The lowest BCUT2D eigenvalue weighted by atomic mass is 9.96. The molecule has 1 atom stereocenters. The van der Waals surface area contributed by atoms with Crippen LogP contribution in [-0.2, 0) is 13.5 Å². The highest BCUT2D eigenvalue weighted by atomic mass is 15.3. The van der Waals surface area contributed by atoms with E-state index >= 15 is 0 Å². The van der Waals surface area contributed by atoms with E-state index in [2.05, 4.69) is 17.0 Å². The smallest absolute Gasteiger partial charge is 0.154 e. The number of hydrogen-bond donors (Lipinski definition) is 1. The molecule has 1 aliphatic carbocycles. The van der Waals surface area contributed by atoms with Crippen molar-refractivity contribution in [3.05, 3.63) is 11.6 Å². The van der Waals surface area contributed by atoms with Gasteiger partial charge >= 0.3 is 0 Å². The van der Waals surface area contributed by atoms with Gasteiger partial charge in [-0.25, -0.2) is 4.98 Å². The van der Waals surface area contributed by atoms with Gasteiger partial charge in [-0.3, -0.25) is 4.68 Å². The van der Waals surface area contributed by atoms with Crippen LogP contribution in [0.4, 0.5) is 0 Å². The highest BCUT2D eigenvalue weighted by Gasteiger charge is 2.28. The van der Waals surface area contributed by atoms with Crippen LogP contribution in [0.25, 0.3) is 0 Å². The Labute approximate surface area is 104 Å². The summed E-state index contributed by atoms with van der Waals surface area (Å²) in [6, 6.07) is 0. The minimum atomic E-state index is 0.654. The van der Waals surface area contributed by atoms with E-state index in [4.69, 9.17) is 5.73 Å². The number of nitrogens with zero attached hydrogens (tertiary/aromatic N) is 3. The Morgan fingerprint density at radius 3 is 2.76 bits per heavy atom. The minimum Gasteiger partial charge on any atom is -0.330 e. The SMILES string of the molecule is CCC(CCN)CCc1nc(C2CC2)nn1C. The van der Waals surface area contributed by atoms with Gasteiger partial charge in [0.25, 0.3) is 0 Å². The number of aromatic nitrogens is 3. The van der Waals surface area contributed by atoms with Gasteiger partial charge in [0.1, 0.15) is 5.82 Å². The van der Waals surface area contributed by atoms with Gasteiger partial charge in [0.05, 0.1) is 0 Å². The third-order valence-corrected chi connectivity index (χ3v) is 3.74. The zero-order valence-electron chi connectivity index (χ0n) is 11.0. The summed E-state index contributed by atoms with van der Waals surface area (Å²) < 4.78 is 1.96. The fraction of sp³-hybridized carbons (Fsp3) is 0.846. The first-order chi connectivity index (χ1) is 8.24. The van der Waals surface area contributed by atoms with Crippen LogP contribution < -0.4 is 5.73 Å². The zero-order valence-corrected chi connectivity index (χ0v) is 11.0. The van der Waals surface area contributed by atoms with Crippen LogP contribution in [-0.4, -0.2) is 21.3 Å². The lowest BCUT2D eigenvalue weighted by Gasteiger charge is -2.12. The zero-order chi connectivity index (χ0) is 12.3. The molecule has 1 aromatic heterocycles. The molecule has 17 heavy (non-hydrogen) atoms. The van der Waals surface area contributed by atoms with Crippen LogP contribution in [0.2, 0.25) is 0 Å². The third kappa shape index (κ3) is 3.28. The van der Waals surface area contributed by atoms with Crippen molar-refractivity contribution in [3.8, 4) is 0 Å². The third-order valence-electron chi connectivity index (χ3n) is 3.74. The fourth-order valence-electron chi connectivity index (χ4n) is 2.29. The molecule has 4 heteroatoms. The molecule has 0 aliphatic heterocycles. The summed E-state index contributed by atoms with van der Waals surface area (Å²) in [5.41, 5.74) is 5.62. The van der Waals surface area contributed by atoms with Gasteiger partial charge in [-0.2, -0.15) is 5.10 Å². The van der Waals surface area contributed by atoms with Crippen molar-refractivity contribution in [3.63, 3.8) is 0 Å². The van der Waals surface area contributed by atoms with Gasteiger partial charge in [-0.05, 0) is 38.1 Å². The Morgan fingerprint density at radius 1 is 1.41 bits per heavy atom. The Bertz CT molecular complexity index is 354. The van der Waals surface area contributed by atoms with Crippen LogP contribution in [0.15, 0.2) is 0 Å². The summed E-state index contributed by atoms with van der Waals surface area (Å²) in [4.78, 5) is 4.66. The van der Waals surface area contributed by atoms with Gasteiger partial charge in [0, 0.05) is 19.4 Å². The van der Waals surface area contributed by atoms with Crippen molar-refractivity contribution in [1.29, 1.82) is 0 Å². The van der Waals surface area contributed by atoms with Gasteiger partial charge in [0.2, 0.25) is 0 Å². The summed E-state index contributed by atoms with van der Waals surface area (Å²) in [5, 5.41) is 4.50. The maximum absolute atomic E-state index is 5.62. The van der Waals surface area contributed by atoms with Gasteiger partial charge in [-0.15, -0.1) is 0 Å².